The van der Waals surface area contributed by atoms with E-state index in [0.717, 1.165) is 5.56 Å². The fourth-order valence-corrected chi connectivity index (χ4v) is 6.14. The second kappa shape index (κ2) is 10.3. The van der Waals surface area contributed by atoms with Crippen LogP contribution in [0.2, 0.25) is 0 Å². The van der Waals surface area contributed by atoms with Crippen LogP contribution in [-0.4, -0.2) is 55.2 Å². The van der Waals surface area contributed by atoms with Crippen LogP contribution in [0.25, 0.3) is 0 Å². The number of hydrogen-bond acceptors (Lipinski definition) is 5. The van der Waals surface area contributed by atoms with Crippen LogP contribution >= 0.6 is 0 Å². The summed E-state index contributed by atoms with van der Waals surface area (Å²) in [6.45, 7) is 7.25. The van der Waals surface area contributed by atoms with Gasteiger partial charge in [-0.2, -0.15) is 9.57 Å². The molecule has 1 heterocycles. The van der Waals surface area contributed by atoms with Crippen molar-refractivity contribution < 1.29 is 13.2 Å². The number of carbonyl (C=O) groups excluding carboxylic acids is 1. The number of piperidine rings is 1. The van der Waals surface area contributed by atoms with Crippen molar-refractivity contribution >= 4 is 21.6 Å². The van der Waals surface area contributed by atoms with Crippen molar-refractivity contribution in [2.45, 2.75) is 50.6 Å². The summed E-state index contributed by atoms with van der Waals surface area (Å²) in [6.07, 6.45) is 1.35. The van der Waals surface area contributed by atoms with E-state index in [-0.39, 0.29) is 24.5 Å². The van der Waals surface area contributed by atoms with E-state index < -0.39 is 10.0 Å². The first-order chi connectivity index (χ1) is 15.2. The number of nitrogens with zero attached hydrogens (tertiary/aromatic N) is 3. The van der Waals surface area contributed by atoms with Crippen LogP contribution in [0.15, 0.2) is 53.4 Å². The van der Waals surface area contributed by atoms with Crippen molar-refractivity contribution in [1.29, 1.82) is 5.26 Å². The summed E-state index contributed by atoms with van der Waals surface area (Å²) in [4.78, 5) is 14.8. The van der Waals surface area contributed by atoms with Crippen molar-refractivity contribution in [2.75, 3.05) is 25.0 Å². The van der Waals surface area contributed by atoms with E-state index in [9.17, 15) is 13.2 Å². The molecule has 0 saturated carbocycles. The Morgan fingerprint density at radius 1 is 1.19 bits per heavy atom. The lowest BCUT2D eigenvalue weighted by atomic mass is 10.0. The van der Waals surface area contributed by atoms with Crippen molar-refractivity contribution in [3.05, 3.63) is 59.7 Å². The Kier molecular flexibility index (Phi) is 7.67. The number of anilines is 1. The monoisotopic (exact) mass is 454 g/mol. The van der Waals surface area contributed by atoms with E-state index >= 15 is 0 Å². The molecule has 0 unspecified atom stereocenters. The molecule has 0 aromatic heterocycles. The number of hydrogen-bond donors (Lipinski definition) is 1. The quantitative estimate of drug-likeness (QED) is 0.692. The van der Waals surface area contributed by atoms with E-state index in [2.05, 4.69) is 11.4 Å². The molecule has 1 fully saturated rings. The lowest BCUT2D eigenvalue weighted by molar-refractivity contribution is -0.117. The van der Waals surface area contributed by atoms with Gasteiger partial charge in [0.25, 0.3) is 0 Å². The van der Waals surface area contributed by atoms with Gasteiger partial charge in [0.15, 0.2) is 0 Å². The van der Waals surface area contributed by atoms with Crippen LogP contribution in [0.5, 0.6) is 0 Å². The Bertz CT molecular complexity index is 1080. The number of aryl methyl sites for hydroxylation is 1. The molecule has 7 nitrogen and oxygen atoms in total. The molecule has 1 amide bonds. The molecule has 0 radical (unpaired) electrons. The minimum absolute atomic E-state index is 0.0988. The van der Waals surface area contributed by atoms with E-state index in [0.29, 0.717) is 42.1 Å². The zero-order valence-corrected chi connectivity index (χ0v) is 19.6. The number of benzene rings is 2. The zero-order chi connectivity index (χ0) is 23.3. The number of amides is 1. The predicted molar refractivity (Wildman–Crippen MR) is 125 cm³/mol. The second-order valence-corrected chi connectivity index (χ2v) is 10.3. The van der Waals surface area contributed by atoms with Crippen molar-refractivity contribution in [1.82, 2.24) is 9.21 Å². The Balaban J connectivity index is 1.60. The highest BCUT2D eigenvalue weighted by atomic mass is 32.2. The van der Waals surface area contributed by atoms with Gasteiger partial charge in [0.05, 0.1) is 23.1 Å². The highest BCUT2D eigenvalue weighted by Crippen LogP contribution is 2.27. The van der Waals surface area contributed by atoms with E-state index in [1.165, 1.54) is 0 Å². The van der Waals surface area contributed by atoms with Crippen LogP contribution in [-0.2, 0) is 14.8 Å². The van der Waals surface area contributed by atoms with Gasteiger partial charge in [-0.3, -0.25) is 9.69 Å². The molecule has 1 N–H and O–H groups in total. The first-order valence-corrected chi connectivity index (χ1v) is 12.3. The molecule has 3 rings (SSSR count). The molecule has 2 aromatic carbocycles. The first kappa shape index (κ1) is 23.9. The molecule has 0 atom stereocenters. The highest BCUT2D eigenvalue weighted by Gasteiger charge is 2.35. The fraction of sp³-hybridized carbons (Fsp3) is 0.417. The zero-order valence-electron chi connectivity index (χ0n) is 18.8. The van der Waals surface area contributed by atoms with Gasteiger partial charge < -0.3 is 5.32 Å². The number of carbonyl (C=O) groups is 1. The van der Waals surface area contributed by atoms with E-state index in [4.69, 9.17) is 5.26 Å². The van der Waals surface area contributed by atoms with Crippen LogP contribution in [0.1, 0.15) is 37.8 Å². The molecule has 0 aliphatic carbocycles. The summed E-state index contributed by atoms with van der Waals surface area (Å²) in [5.41, 5.74) is 2.11. The first-order valence-electron chi connectivity index (χ1n) is 10.8. The molecular formula is C24H30N4O3S. The molecule has 32 heavy (non-hydrogen) atoms. The minimum atomic E-state index is -3.60. The maximum atomic E-state index is 13.4. The molecule has 8 heteroatoms. The fourth-order valence-electron chi connectivity index (χ4n) is 4.16. The van der Waals surface area contributed by atoms with Gasteiger partial charge >= 0.3 is 0 Å². The third kappa shape index (κ3) is 5.74. The molecule has 0 bridgehead atoms. The average molecular weight is 455 g/mol. The smallest absolute Gasteiger partial charge is 0.243 e. The van der Waals surface area contributed by atoms with Gasteiger partial charge in [-0.05, 0) is 75.6 Å². The van der Waals surface area contributed by atoms with Crippen LogP contribution < -0.4 is 5.32 Å². The molecule has 1 aliphatic rings. The second-order valence-electron chi connectivity index (χ2n) is 8.49. The minimum Gasteiger partial charge on any atom is -0.325 e. The average Bonchev–Trinajstić information content (AvgIpc) is 2.75. The molecular weight excluding hydrogens is 424 g/mol. The van der Waals surface area contributed by atoms with Crippen LogP contribution in [0.4, 0.5) is 5.69 Å². The maximum absolute atomic E-state index is 13.4. The van der Waals surface area contributed by atoms with Gasteiger partial charge in [-0.25, -0.2) is 8.42 Å². The van der Waals surface area contributed by atoms with Crippen LogP contribution in [0.3, 0.4) is 0 Å². The summed E-state index contributed by atoms with van der Waals surface area (Å²) < 4.78 is 28.4. The summed E-state index contributed by atoms with van der Waals surface area (Å²) in [6, 6.07) is 15.6. The largest absolute Gasteiger partial charge is 0.325 e. The summed E-state index contributed by atoms with van der Waals surface area (Å²) >= 11 is 0. The third-order valence-electron chi connectivity index (χ3n) is 5.66. The van der Waals surface area contributed by atoms with Crippen LogP contribution in [0, 0.1) is 18.3 Å². The number of sulfonamides is 1. The summed E-state index contributed by atoms with van der Waals surface area (Å²) in [5.74, 6) is -0.124. The molecule has 1 aliphatic heterocycles. The standard InChI is InChI=1S/C24H30N4O3S/c1-18(2)28(32(30,31)23-6-4-5-19(3)15-23)22-11-13-27(14-12-22)17-24(29)26-21-9-7-20(16-25)8-10-21/h4-10,15,18,22H,11-14,17H2,1-3H3,(H,26,29). The summed E-state index contributed by atoms with van der Waals surface area (Å²) in [7, 11) is -3.60. The Labute approximate surface area is 190 Å². The van der Waals surface area contributed by atoms with Crippen molar-refractivity contribution in [3.8, 4) is 6.07 Å². The summed E-state index contributed by atoms with van der Waals surface area (Å²) in [5, 5.41) is 11.7. The number of rotatable bonds is 7. The number of nitriles is 1. The van der Waals surface area contributed by atoms with Gasteiger partial charge in [0.1, 0.15) is 0 Å². The topological polar surface area (TPSA) is 93.5 Å². The number of likely N-dealkylation sites (tertiary alicyclic amines) is 1. The number of nitrogens with one attached hydrogen (secondary N) is 1. The highest BCUT2D eigenvalue weighted by molar-refractivity contribution is 7.89. The van der Waals surface area contributed by atoms with Crippen molar-refractivity contribution in [2.24, 2.45) is 0 Å². The van der Waals surface area contributed by atoms with E-state index in [1.54, 1.807) is 46.8 Å². The molecule has 170 valence electrons. The van der Waals surface area contributed by atoms with Gasteiger partial charge in [-0.15, -0.1) is 0 Å². The van der Waals surface area contributed by atoms with Gasteiger partial charge in [0.2, 0.25) is 15.9 Å². The Hall–Kier alpha value is -2.73. The Morgan fingerprint density at radius 3 is 2.41 bits per heavy atom. The lowest BCUT2D eigenvalue weighted by Crippen LogP contribution is -2.51. The third-order valence-corrected chi connectivity index (χ3v) is 7.78. The van der Waals surface area contributed by atoms with Crippen molar-refractivity contribution in [3.63, 3.8) is 0 Å². The lowest BCUT2D eigenvalue weighted by Gasteiger charge is -2.39. The van der Waals surface area contributed by atoms with Gasteiger partial charge in [0, 0.05) is 30.9 Å². The SMILES string of the molecule is Cc1cccc(S(=O)(=O)N(C(C)C)C2CCN(CC(=O)Nc3ccc(C#N)cc3)CC2)c1. The van der Waals surface area contributed by atoms with E-state index in [1.807, 2.05) is 31.7 Å². The molecule has 0 spiro atoms. The predicted octanol–water partition coefficient (Wildman–Crippen LogP) is 3.37. The normalized spacial score (nSPS) is 15.6. The Morgan fingerprint density at radius 2 is 1.84 bits per heavy atom. The maximum Gasteiger partial charge on any atom is 0.243 e. The molecule has 2 aromatic rings. The van der Waals surface area contributed by atoms with Gasteiger partial charge in [-0.1, -0.05) is 12.1 Å². The molecule has 1 saturated heterocycles.